The molecule has 0 spiro atoms. The first kappa shape index (κ1) is 21.5. The van der Waals surface area contributed by atoms with Crippen LogP contribution in [0.15, 0.2) is 42.7 Å². The number of benzene rings is 1. The van der Waals surface area contributed by atoms with Crippen LogP contribution in [0.5, 0.6) is 0 Å². The Kier molecular flexibility index (Phi) is 5.41. The molecule has 0 aliphatic carbocycles. The molecule has 2 aromatic heterocycles. The predicted molar refractivity (Wildman–Crippen MR) is 119 cm³/mol. The highest BCUT2D eigenvalue weighted by Gasteiger charge is 2.44. The molecule has 1 saturated heterocycles. The zero-order valence-electron chi connectivity index (χ0n) is 18.5. The first-order valence-corrected chi connectivity index (χ1v) is 10.5. The second kappa shape index (κ2) is 8.07. The van der Waals surface area contributed by atoms with Crippen LogP contribution in [0.4, 0.5) is 4.79 Å². The zero-order chi connectivity index (χ0) is 23.0. The SMILES string of the molecule is CC(C)n1ncc2cc(C(=O)NCc3ccc(CN4C(=O)NC(C)(C)C4=O)cc3)cnc21. The molecule has 0 bridgehead atoms. The van der Waals surface area contributed by atoms with Crippen LogP contribution in [-0.2, 0) is 17.9 Å². The van der Waals surface area contributed by atoms with Gasteiger partial charge in [-0.15, -0.1) is 0 Å². The fraction of sp³-hybridized carbons (Fsp3) is 0.348. The number of imide groups is 1. The number of amides is 4. The van der Waals surface area contributed by atoms with Gasteiger partial charge in [-0.3, -0.25) is 14.5 Å². The van der Waals surface area contributed by atoms with Crippen LogP contribution in [0.1, 0.15) is 55.2 Å². The van der Waals surface area contributed by atoms with Gasteiger partial charge in [-0.1, -0.05) is 24.3 Å². The highest BCUT2D eigenvalue weighted by molar-refractivity contribution is 6.06. The van der Waals surface area contributed by atoms with E-state index in [0.29, 0.717) is 12.1 Å². The normalized spacial score (nSPS) is 15.5. The summed E-state index contributed by atoms with van der Waals surface area (Å²) in [5.41, 5.74) is 2.07. The third-order valence-corrected chi connectivity index (χ3v) is 5.45. The van der Waals surface area contributed by atoms with Gasteiger partial charge in [-0.25, -0.2) is 14.5 Å². The number of fused-ring (bicyclic) bond motifs is 1. The van der Waals surface area contributed by atoms with E-state index in [1.54, 1.807) is 32.3 Å². The lowest BCUT2D eigenvalue weighted by atomic mass is 10.1. The van der Waals surface area contributed by atoms with E-state index in [4.69, 9.17) is 0 Å². The predicted octanol–water partition coefficient (Wildman–Crippen LogP) is 2.77. The Labute approximate surface area is 185 Å². The Morgan fingerprint density at radius 1 is 1.12 bits per heavy atom. The molecular formula is C23H26N6O3. The molecule has 2 N–H and O–H groups in total. The highest BCUT2D eigenvalue weighted by Crippen LogP contribution is 2.20. The Balaban J connectivity index is 1.37. The van der Waals surface area contributed by atoms with Crippen LogP contribution in [0, 0.1) is 0 Å². The molecule has 1 aliphatic rings. The number of hydrogen-bond donors (Lipinski definition) is 2. The van der Waals surface area contributed by atoms with E-state index in [-0.39, 0.29) is 30.4 Å². The van der Waals surface area contributed by atoms with Crippen molar-refractivity contribution in [3.63, 3.8) is 0 Å². The van der Waals surface area contributed by atoms with E-state index in [2.05, 4.69) is 20.7 Å². The molecule has 3 heterocycles. The molecule has 0 radical (unpaired) electrons. The summed E-state index contributed by atoms with van der Waals surface area (Å²) >= 11 is 0. The van der Waals surface area contributed by atoms with Crippen molar-refractivity contribution in [1.29, 1.82) is 0 Å². The van der Waals surface area contributed by atoms with Crippen molar-refractivity contribution in [3.8, 4) is 0 Å². The Bertz CT molecular complexity index is 1200. The summed E-state index contributed by atoms with van der Waals surface area (Å²) in [5, 5.41) is 10.7. The van der Waals surface area contributed by atoms with Crippen molar-refractivity contribution in [2.75, 3.05) is 0 Å². The summed E-state index contributed by atoms with van der Waals surface area (Å²) in [6.07, 6.45) is 3.27. The lowest BCUT2D eigenvalue weighted by Gasteiger charge is -2.16. The molecule has 1 fully saturated rings. The summed E-state index contributed by atoms with van der Waals surface area (Å²) in [5.74, 6) is -0.467. The number of hydrogen-bond acceptors (Lipinski definition) is 5. The van der Waals surface area contributed by atoms with Crippen LogP contribution in [0.2, 0.25) is 0 Å². The molecule has 0 unspecified atom stereocenters. The zero-order valence-corrected chi connectivity index (χ0v) is 18.5. The van der Waals surface area contributed by atoms with E-state index in [9.17, 15) is 14.4 Å². The maximum Gasteiger partial charge on any atom is 0.325 e. The summed E-state index contributed by atoms with van der Waals surface area (Å²) in [6.45, 7) is 7.97. The first-order chi connectivity index (χ1) is 15.2. The average Bonchev–Trinajstić information content (AvgIpc) is 3.26. The van der Waals surface area contributed by atoms with Gasteiger partial charge in [0, 0.05) is 24.2 Å². The van der Waals surface area contributed by atoms with Gasteiger partial charge in [0.05, 0.1) is 18.3 Å². The number of pyridine rings is 1. The van der Waals surface area contributed by atoms with Crippen molar-refractivity contribution in [2.24, 2.45) is 0 Å². The van der Waals surface area contributed by atoms with Crippen molar-refractivity contribution < 1.29 is 14.4 Å². The molecular weight excluding hydrogens is 408 g/mol. The smallest absolute Gasteiger partial charge is 0.325 e. The number of carbonyl (C=O) groups excluding carboxylic acids is 3. The van der Waals surface area contributed by atoms with Crippen molar-refractivity contribution in [2.45, 2.75) is 52.4 Å². The maximum absolute atomic E-state index is 12.6. The van der Waals surface area contributed by atoms with E-state index in [1.807, 2.05) is 42.8 Å². The van der Waals surface area contributed by atoms with Crippen LogP contribution in [0.25, 0.3) is 11.0 Å². The fourth-order valence-corrected chi connectivity index (χ4v) is 3.63. The van der Waals surface area contributed by atoms with Crippen LogP contribution >= 0.6 is 0 Å². The third kappa shape index (κ3) is 4.05. The Morgan fingerprint density at radius 3 is 2.44 bits per heavy atom. The minimum Gasteiger partial charge on any atom is -0.348 e. The number of urea groups is 1. The molecule has 3 aromatic rings. The fourth-order valence-electron chi connectivity index (χ4n) is 3.63. The van der Waals surface area contributed by atoms with Gasteiger partial charge in [-0.2, -0.15) is 5.10 Å². The third-order valence-electron chi connectivity index (χ3n) is 5.45. The van der Waals surface area contributed by atoms with Gasteiger partial charge in [0.15, 0.2) is 5.65 Å². The van der Waals surface area contributed by atoms with E-state index in [0.717, 1.165) is 22.2 Å². The Hall–Kier alpha value is -3.75. The number of carbonyl (C=O) groups is 3. The summed E-state index contributed by atoms with van der Waals surface area (Å²) in [4.78, 5) is 42.5. The molecule has 166 valence electrons. The van der Waals surface area contributed by atoms with Crippen LogP contribution in [-0.4, -0.2) is 43.0 Å². The van der Waals surface area contributed by atoms with E-state index < -0.39 is 5.54 Å². The number of nitrogens with zero attached hydrogens (tertiary/aromatic N) is 4. The van der Waals surface area contributed by atoms with Gasteiger partial charge in [-0.05, 0) is 44.9 Å². The molecule has 9 heteroatoms. The van der Waals surface area contributed by atoms with E-state index in [1.165, 1.54) is 4.90 Å². The molecule has 0 atom stereocenters. The number of aromatic nitrogens is 3. The van der Waals surface area contributed by atoms with Gasteiger partial charge in [0.25, 0.3) is 11.8 Å². The number of rotatable bonds is 6. The van der Waals surface area contributed by atoms with Crippen LogP contribution in [0.3, 0.4) is 0 Å². The van der Waals surface area contributed by atoms with Crippen molar-refractivity contribution >= 4 is 28.9 Å². The van der Waals surface area contributed by atoms with E-state index >= 15 is 0 Å². The highest BCUT2D eigenvalue weighted by atomic mass is 16.2. The molecule has 0 saturated carbocycles. The molecule has 4 amide bonds. The van der Waals surface area contributed by atoms with Gasteiger partial charge >= 0.3 is 6.03 Å². The van der Waals surface area contributed by atoms with Crippen LogP contribution < -0.4 is 10.6 Å². The quantitative estimate of drug-likeness (QED) is 0.580. The lowest BCUT2D eigenvalue weighted by molar-refractivity contribution is -0.130. The van der Waals surface area contributed by atoms with Crippen molar-refractivity contribution in [3.05, 3.63) is 59.4 Å². The maximum atomic E-state index is 12.6. The van der Waals surface area contributed by atoms with Crippen molar-refractivity contribution in [1.82, 2.24) is 30.3 Å². The summed E-state index contributed by atoms with van der Waals surface area (Å²) in [7, 11) is 0. The summed E-state index contributed by atoms with van der Waals surface area (Å²) < 4.78 is 1.82. The summed E-state index contributed by atoms with van der Waals surface area (Å²) in [6, 6.07) is 9.02. The monoisotopic (exact) mass is 434 g/mol. The average molecular weight is 435 g/mol. The molecule has 1 aliphatic heterocycles. The second-order valence-corrected chi connectivity index (χ2v) is 8.77. The molecule has 32 heavy (non-hydrogen) atoms. The van der Waals surface area contributed by atoms with Gasteiger partial charge in [0.1, 0.15) is 5.54 Å². The second-order valence-electron chi connectivity index (χ2n) is 8.77. The molecule has 4 rings (SSSR count). The minimum atomic E-state index is -0.882. The topological polar surface area (TPSA) is 109 Å². The molecule has 9 nitrogen and oxygen atoms in total. The largest absolute Gasteiger partial charge is 0.348 e. The number of nitrogens with one attached hydrogen (secondary N) is 2. The first-order valence-electron chi connectivity index (χ1n) is 10.5. The molecule has 1 aromatic carbocycles. The minimum absolute atomic E-state index is 0.187. The lowest BCUT2D eigenvalue weighted by Crippen LogP contribution is -2.40. The van der Waals surface area contributed by atoms with Gasteiger partial charge < -0.3 is 10.6 Å². The standard InChI is InChI=1S/C23H26N6O3/c1-14(2)29-19-17(12-26-29)9-18(11-24-19)20(30)25-10-15-5-7-16(8-6-15)13-28-21(31)23(3,4)27-22(28)32/h5-9,11-12,14H,10,13H2,1-4H3,(H,25,30)(H,27,32). The van der Waals surface area contributed by atoms with Gasteiger partial charge in [0.2, 0.25) is 0 Å². The Morgan fingerprint density at radius 2 is 1.81 bits per heavy atom.